The molecular weight excluding hydrogens is 743 g/mol. The number of hydrogen-bond acceptors (Lipinski definition) is 9. The van der Waals surface area contributed by atoms with Crippen LogP contribution < -0.4 is 4.98 Å². The number of benzene rings is 2. The summed E-state index contributed by atoms with van der Waals surface area (Å²) in [6.07, 6.45) is 6.33. The minimum atomic E-state index is -0.990. The number of allylic oxidation sites excluding steroid dienone is 1. The van der Waals surface area contributed by atoms with E-state index < -0.39 is 5.97 Å². The Bertz CT molecular complexity index is 2050. The quantitative estimate of drug-likeness (QED) is 0.0314. The number of esters is 1. The first-order chi connectivity index (χ1) is 26.1. The van der Waals surface area contributed by atoms with E-state index in [0.717, 1.165) is 59.6 Å². The monoisotopic (exact) mass is 782 g/mol. The zero-order valence-corrected chi connectivity index (χ0v) is 32.4. The van der Waals surface area contributed by atoms with Crippen molar-refractivity contribution in [3.05, 3.63) is 138 Å². The number of aliphatic imine (C=N–C) groups is 1. The average Bonchev–Trinajstić information content (AvgIpc) is 3.70. The Morgan fingerprint density at radius 2 is 1.59 bits per heavy atom. The zero-order chi connectivity index (χ0) is 39.2. The van der Waals surface area contributed by atoms with E-state index in [4.69, 9.17) is 39.3 Å². The van der Waals surface area contributed by atoms with Gasteiger partial charge in [0.1, 0.15) is 18.1 Å². The molecule has 1 saturated carbocycles. The number of rotatable bonds is 10. The predicted octanol–water partition coefficient (Wildman–Crippen LogP) is 9.50. The van der Waals surface area contributed by atoms with Gasteiger partial charge in [0, 0.05) is 23.8 Å². The first-order valence-corrected chi connectivity index (χ1v) is 18.3. The summed E-state index contributed by atoms with van der Waals surface area (Å²) in [6, 6.07) is 24.1. The van der Waals surface area contributed by atoms with E-state index in [-0.39, 0.29) is 29.6 Å². The molecule has 2 unspecified atom stereocenters. The molecule has 3 heterocycles. The number of hydrogen-bond donors (Lipinski definition) is 1. The normalized spacial score (nSPS) is 19.6. The van der Waals surface area contributed by atoms with E-state index in [1.165, 1.54) is 12.3 Å². The van der Waals surface area contributed by atoms with Crippen molar-refractivity contribution in [2.45, 2.75) is 51.7 Å². The molecule has 1 fully saturated rings. The molecule has 2 atom stereocenters. The van der Waals surface area contributed by atoms with Gasteiger partial charge in [0.2, 0.25) is 0 Å². The van der Waals surface area contributed by atoms with Gasteiger partial charge in [-0.15, -0.1) is 10.0 Å². The van der Waals surface area contributed by atoms with E-state index in [2.05, 4.69) is 37.2 Å². The number of carbonyl (C=O) groups is 2. The van der Waals surface area contributed by atoms with Gasteiger partial charge >= 0.3 is 33.0 Å². The van der Waals surface area contributed by atoms with Gasteiger partial charge in [-0.05, 0) is 66.3 Å². The van der Waals surface area contributed by atoms with E-state index in [9.17, 15) is 9.59 Å². The van der Waals surface area contributed by atoms with Crippen molar-refractivity contribution in [1.29, 1.82) is 0 Å². The van der Waals surface area contributed by atoms with E-state index >= 15 is 0 Å². The van der Waals surface area contributed by atoms with E-state index in [1.54, 1.807) is 12.1 Å². The molecule has 54 heavy (non-hydrogen) atoms. The standard InChI is InChI=1S/C35H35N3O4S.C6H5NO2.O.V/c1-7-40-42-43-34-32(36-6)31(26-16-12-9-13-17-26)28(38-34)20-27-30(25-14-10-8-11-15-25)29(24(5)37-27)35(39)41-33-22(3)18-21(2)19-23(33)4;8-6(9)5-3-1-2-4-7-5;;/h7-17,20-23,33H,1,18-19H2,2-5H3,(H,37,38,39);1-4H,(H,8,9);;/p-1. The summed E-state index contributed by atoms with van der Waals surface area (Å²) < 4.78 is 19.6. The van der Waals surface area contributed by atoms with Crippen molar-refractivity contribution in [3.8, 4) is 11.1 Å². The van der Waals surface area contributed by atoms with E-state index in [0.29, 0.717) is 50.4 Å². The summed E-state index contributed by atoms with van der Waals surface area (Å²) in [5, 5.41) is 8.67. The van der Waals surface area contributed by atoms with Crippen LogP contribution >= 0.6 is 12.0 Å². The molecule has 13 heteroatoms. The molecule has 4 aromatic rings. The van der Waals surface area contributed by atoms with Gasteiger partial charge in [0.05, 0.1) is 23.6 Å². The molecule has 6 rings (SSSR count). The Labute approximate surface area is 328 Å². The SMILES string of the molecule is O=C(O)c1ccccn1.[C-]#[N+]c1c(SOOC=C)[n-]c(/C=C2\N=C(C)C(C(=O)OC3C(C)CC(C)CC3C)=C2c2ccccc2)c1-c1ccccc1.[O]=[V]. The van der Waals surface area contributed by atoms with Crippen LogP contribution in [0, 0.1) is 24.3 Å². The number of carbonyl (C=O) groups excluding carboxylic acids is 1. The van der Waals surface area contributed by atoms with Crippen LogP contribution in [0.4, 0.5) is 5.69 Å². The second-order valence-electron chi connectivity index (χ2n) is 12.7. The Morgan fingerprint density at radius 1 is 0.981 bits per heavy atom. The number of carboxylic acid groups (broad SMARTS) is 1. The molecule has 277 valence electrons. The van der Waals surface area contributed by atoms with E-state index in [1.807, 2.05) is 73.7 Å². The fourth-order valence-corrected chi connectivity index (χ4v) is 7.28. The maximum absolute atomic E-state index is 13.9. The Balaban J connectivity index is 0.000000512. The van der Waals surface area contributed by atoms with Crippen molar-refractivity contribution < 1.29 is 49.7 Å². The van der Waals surface area contributed by atoms with Crippen molar-refractivity contribution in [2.24, 2.45) is 22.7 Å². The van der Waals surface area contributed by atoms with Crippen molar-refractivity contribution >= 4 is 47.0 Å². The predicted molar refractivity (Wildman–Crippen MR) is 203 cm³/mol. The third kappa shape index (κ3) is 10.2. The zero-order valence-electron chi connectivity index (χ0n) is 30.2. The molecule has 0 spiro atoms. The van der Waals surface area contributed by atoms with Gasteiger partial charge in [-0.1, -0.05) is 105 Å². The van der Waals surface area contributed by atoms with Crippen LogP contribution in [0.1, 0.15) is 62.3 Å². The van der Waals surface area contributed by atoms with Gasteiger partial charge in [-0.3, -0.25) is 4.99 Å². The van der Waals surface area contributed by atoms with Crippen LogP contribution in [0.25, 0.3) is 27.6 Å². The molecule has 1 aliphatic carbocycles. The summed E-state index contributed by atoms with van der Waals surface area (Å²) >= 11 is 1.90. The van der Waals surface area contributed by atoms with Crippen molar-refractivity contribution in [2.75, 3.05) is 0 Å². The fourth-order valence-electron chi connectivity index (χ4n) is 6.76. The Hall–Kier alpha value is -5.32. The molecule has 1 aliphatic heterocycles. The minimum absolute atomic E-state index is 0.0810. The summed E-state index contributed by atoms with van der Waals surface area (Å²) in [6.45, 7) is 19.9. The number of pyridine rings is 1. The van der Waals surface area contributed by atoms with Crippen LogP contribution in [0.3, 0.4) is 0 Å². The second kappa shape index (κ2) is 20.2. The fraction of sp³-hybridized carbons (Fsp3) is 0.244. The summed E-state index contributed by atoms with van der Waals surface area (Å²) in [5.41, 5.74) is 5.52. The number of nitrogens with zero attached hydrogens (tertiary/aromatic N) is 4. The molecular formula is C41H39N4O7SV-. The number of aromatic nitrogens is 2. The van der Waals surface area contributed by atoms with Crippen molar-refractivity contribution in [1.82, 2.24) is 9.97 Å². The van der Waals surface area contributed by atoms with Crippen LogP contribution in [0.5, 0.6) is 0 Å². The van der Waals surface area contributed by atoms with Crippen LogP contribution in [0.15, 0.2) is 119 Å². The number of ether oxygens (including phenoxy) is 1. The molecule has 0 bridgehead atoms. The number of aromatic carboxylic acids is 1. The van der Waals surface area contributed by atoms with Crippen LogP contribution in [-0.4, -0.2) is 33.8 Å². The first-order valence-electron chi connectivity index (χ1n) is 17.0. The van der Waals surface area contributed by atoms with Crippen molar-refractivity contribution in [3.63, 3.8) is 0 Å². The van der Waals surface area contributed by atoms with Gasteiger partial charge in [0.15, 0.2) is 5.69 Å². The molecule has 0 saturated heterocycles. The third-order valence-electron chi connectivity index (χ3n) is 8.81. The number of carboxylic acids is 1. The first kappa shape index (κ1) is 41.4. The average molecular weight is 783 g/mol. The molecule has 2 aromatic heterocycles. The van der Waals surface area contributed by atoms with Crippen LogP contribution in [0.2, 0.25) is 0 Å². The third-order valence-corrected chi connectivity index (χ3v) is 9.39. The molecule has 2 aromatic carbocycles. The maximum atomic E-state index is 13.9. The molecule has 2 aliphatic rings. The summed E-state index contributed by atoms with van der Waals surface area (Å²) in [4.78, 5) is 45.9. The molecule has 1 N–H and O–H groups in total. The van der Waals surface area contributed by atoms with Gasteiger partial charge < -0.3 is 19.7 Å². The van der Waals surface area contributed by atoms with Gasteiger partial charge in [-0.2, -0.15) is 0 Å². The second-order valence-corrected chi connectivity index (χ2v) is 13.4. The molecule has 0 radical (unpaired) electrons. The van der Waals surface area contributed by atoms with Crippen LogP contribution in [-0.2, 0) is 39.8 Å². The van der Waals surface area contributed by atoms with Gasteiger partial charge in [-0.25, -0.2) is 19.4 Å². The summed E-state index contributed by atoms with van der Waals surface area (Å²) in [5.74, 6) is -0.204. The molecule has 11 nitrogen and oxygen atoms in total. The summed E-state index contributed by atoms with van der Waals surface area (Å²) in [7, 11) is 0. The van der Waals surface area contributed by atoms with Gasteiger partial charge in [0.25, 0.3) is 0 Å². The Kier molecular flexibility index (Phi) is 15.5. The molecule has 0 amide bonds. The topological polar surface area (TPSA) is 143 Å². The Morgan fingerprint density at radius 3 is 2.13 bits per heavy atom.